The second-order valence-corrected chi connectivity index (χ2v) is 2.60. The van der Waals surface area contributed by atoms with Gasteiger partial charge in [0.05, 0.1) is 6.61 Å². The maximum Gasteiger partial charge on any atom is 0.330 e. The quantitative estimate of drug-likeness (QED) is 0.578. The summed E-state index contributed by atoms with van der Waals surface area (Å²) >= 11 is 0. The monoisotopic (exact) mass is 192 g/mol. The Hall–Kier alpha value is -1.84. The molecule has 74 valence electrons. The van der Waals surface area contributed by atoms with Crippen LogP contribution in [0.3, 0.4) is 0 Å². The molecule has 0 unspecified atom stereocenters. The number of nitrogens with zero attached hydrogens (tertiary/aromatic N) is 1. The minimum Gasteiger partial charge on any atom is -0.463 e. The Morgan fingerprint density at radius 3 is 3.00 bits per heavy atom. The summed E-state index contributed by atoms with van der Waals surface area (Å²) in [7, 11) is 0. The van der Waals surface area contributed by atoms with Crippen LogP contribution in [-0.2, 0) is 9.53 Å². The number of pyridine rings is 1. The number of hydrogen-bond donors (Lipinski definition) is 1. The summed E-state index contributed by atoms with van der Waals surface area (Å²) in [5, 5.41) is 0. The van der Waals surface area contributed by atoms with Crippen LogP contribution >= 0.6 is 0 Å². The fraction of sp³-hybridized carbons (Fsp3) is 0.200. The molecule has 0 saturated heterocycles. The Morgan fingerprint density at radius 2 is 2.43 bits per heavy atom. The highest BCUT2D eigenvalue weighted by Crippen LogP contribution is 2.03. The van der Waals surface area contributed by atoms with Gasteiger partial charge in [-0.05, 0) is 30.7 Å². The molecule has 0 fully saturated rings. The van der Waals surface area contributed by atoms with Crippen LogP contribution in [0.4, 0.5) is 5.82 Å². The van der Waals surface area contributed by atoms with E-state index in [1.54, 1.807) is 31.3 Å². The zero-order valence-corrected chi connectivity index (χ0v) is 7.93. The van der Waals surface area contributed by atoms with Crippen molar-refractivity contribution in [3.05, 3.63) is 30.0 Å². The second-order valence-electron chi connectivity index (χ2n) is 2.60. The van der Waals surface area contributed by atoms with Crippen LogP contribution in [0.15, 0.2) is 24.4 Å². The van der Waals surface area contributed by atoms with E-state index in [4.69, 9.17) is 10.5 Å². The SMILES string of the molecule is CCOC(=O)/C=C\c1ccc(N)nc1. The van der Waals surface area contributed by atoms with E-state index >= 15 is 0 Å². The van der Waals surface area contributed by atoms with Crippen LogP contribution < -0.4 is 5.73 Å². The first-order valence-electron chi connectivity index (χ1n) is 4.28. The highest BCUT2D eigenvalue weighted by atomic mass is 16.5. The summed E-state index contributed by atoms with van der Waals surface area (Å²) in [5.41, 5.74) is 6.22. The largest absolute Gasteiger partial charge is 0.463 e. The van der Waals surface area contributed by atoms with Gasteiger partial charge in [-0.25, -0.2) is 9.78 Å². The molecule has 0 atom stereocenters. The number of nitrogen functional groups attached to an aromatic ring is 1. The van der Waals surface area contributed by atoms with Gasteiger partial charge in [-0.15, -0.1) is 0 Å². The Bertz CT molecular complexity index is 330. The molecule has 0 aromatic carbocycles. The summed E-state index contributed by atoms with van der Waals surface area (Å²) < 4.78 is 4.72. The highest BCUT2D eigenvalue weighted by molar-refractivity contribution is 5.86. The molecular formula is C10H12N2O2. The third-order valence-electron chi connectivity index (χ3n) is 1.51. The van der Waals surface area contributed by atoms with Gasteiger partial charge in [-0.1, -0.05) is 0 Å². The van der Waals surface area contributed by atoms with E-state index in [9.17, 15) is 4.79 Å². The molecule has 0 aliphatic carbocycles. The van der Waals surface area contributed by atoms with Crippen molar-refractivity contribution >= 4 is 17.9 Å². The summed E-state index contributed by atoms with van der Waals surface area (Å²) in [4.78, 5) is 14.8. The average Bonchev–Trinajstić information content (AvgIpc) is 2.17. The van der Waals surface area contributed by atoms with Crippen LogP contribution in [0.5, 0.6) is 0 Å². The molecule has 1 rings (SSSR count). The van der Waals surface area contributed by atoms with Crippen molar-refractivity contribution in [2.24, 2.45) is 0 Å². The topological polar surface area (TPSA) is 65.2 Å². The van der Waals surface area contributed by atoms with E-state index in [1.807, 2.05) is 0 Å². The minimum atomic E-state index is -0.357. The lowest BCUT2D eigenvalue weighted by molar-refractivity contribution is -0.137. The van der Waals surface area contributed by atoms with Crippen molar-refractivity contribution in [2.75, 3.05) is 12.3 Å². The van der Waals surface area contributed by atoms with E-state index < -0.39 is 0 Å². The fourth-order valence-electron chi connectivity index (χ4n) is 0.870. The van der Waals surface area contributed by atoms with Crippen molar-refractivity contribution in [1.29, 1.82) is 0 Å². The van der Waals surface area contributed by atoms with E-state index in [2.05, 4.69) is 4.98 Å². The van der Waals surface area contributed by atoms with Crippen molar-refractivity contribution in [1.82, 2.24) is 4.98 Å². The minimum absolute atomic E-state index is 0.357. The van der Waals surface area contributed by atoms with Gasteiger partial charge >= 0.3 is 5.97 Å². The summed E-state index contributed by atoms with van der Waals surface area (Å²) in [6.45, 7) is 2.14. The molecule has 1 aromatic heterocycles. The van der Waals surface area contributed by atoms with Crippen molar-refractivity contribution in [3.63, 3.8) is 0 Å². The molecule has 0 radical (unpaired) electrons. The molecule has 14 heavy (non-hydrogen) atoms. The van der Waals surface area contributed by atoms with Crippen molar-refractivity contribution in [2.45, 2.75) is 6.92 Å². The first kappa shape index (κ1) is 10.2. The van der Waals surface area contributed by atoms with Crippen molar-refractivity contribution in [3.8, 4) is 0 Å². The van der Waals surface area contributed by atoms with E-state index in [0.29, 0.717) is 12.4 Å². The van der Waals surface area contributed by atoms with E-state index in [1.165, 1.54) is 6.08 Å². The summed E-state index contributed by atoms with van der Waals surface area (Å²) in [6, 6.07) is 3.45. The number of rotatable bonds is 3. The molecule has 0 saturated carbocycles. The lowest BCUT2D eigenvalue weighted by Crippen LogP contribution is -1.98. The number of esters is 1. The number of anilines is 1. The van der Waals surface area contributed by atoms with Crippen LogP contribution in [-0.4, -0.2) is 17.6 Å². The normalized spacial score (nSPS) is 10.4. The molecule has 4 heteroatoms. The molecular weight excluding hydrogens is 180 g/mol. The fourth-order valence-corrected chi connectivity index (χ4v) is 0.870. The molecule has 0 bridgehead atoms. The van der Waals surface area contributed by atoms with Crippen LogP contribution in [0.1, 0.15) is 12.5 Å². The lowest BCUT2D eigenvalue weighted by Gasteiger charge is -1.95. The molecule has 1 heterocycles. The third-order valence-corrected chi connectivity index (χ3v) is 1.51. The average molecular weight is 192 g/mol. The molecule has 0 aliphatic heterocycles. The van der Waals surface area contributed by atoms with Crippen LogP contribution in [0.25, 0.3) is 6.08 Å². The van der Waals surface area contributed by atoms with Gasteiger partial charge in [0.25, 0.3) is 0 Å². The highest BCUT2D eigenvalue weighted by Gasteiger charge is 1.93. The lowest BCUT2D eigenvalue weighted by atomic mass is 10.2. The standard InChI is InChI=1S/C10H12N2O2/c1-2-14-10(13)6-4-8-3-5-9(11)12-7-8/h3-7H,2H2,1H3,(H2,11,12)/b6-4-. The summed E-state index contributed by atoms with van der Waals surface area (Å²) in [6.07, 6.45) is 4.58. The smallest absolute Gasteiger partial charge is 0.330 e. The Morgan fingerprint density at radius 1 is 1.64 bits per heavy atom. The maximum atomic E-state index is 10.9. The molecule has 1 aromatic rings. The second kappa shape index (κ2) is 5.01. The molecule has 0 spiro atoms. The molecule has 2 N–H and O–H groups in total. The van der Waals surface area contributed by atoms with Gasteiger partial charge in [0.1, 0.15) is 5.82 Å². The summed E-state index contributed by atoms with van der Waals surface area (Å²) in [5.74, 6) is 0.0996. The van der Waals surface area contributed by atoms with E-state index in [-0.39, 0.29) is 5.97 Å². The predicted molar refractivity (Wildman–Crippen MR) is 54.3 cm³/mol. The first-order chi connectivity index (χ1) is 6.72. The first-order valence-corrected chi connectivity index (χ1v) is 4.28. The number of carbonyl (C=O) groups is 1. The number of aromatic nitrogens is 1. The van der Waals surface area contributed by atoms with Gasteiger partial charge in [0.15, 0.2) is 0 Å². The van der Waals surface area contributed by atoms with E-state index in [0.717, 1.165) is 5.56 Å². The predicted octanol–water partition coefficient (Wildman–Crippen LogP) is 1.24. The van der Waals surface area contributed by atoms with Gasteiger partial charge in [0, 0.05) is 12.3 Å². The zero-order chi connectivity index (χ0) is 10.4. The Kier molecular flexibility index (Phi) is 3.67. The van der Waals surface area contributed by atoms with Crippen LogP contribution in [0.2, 0.25) is 0 Å². The maximum absolute atomic E-state index is 10.9. The molecule has 0 aliphatic rings. The van der Waals surface area contributed by atoms with Gasteiger partial charge < -0.3 is 10.5 Å². The number of ether oxygens (including phenoxy) is 1. The third kappa shape index (κ3) is 3.26. The van der Waals surface area contributed by atoms with Gasteiger partial charge in [-0.2, -0.15) is 0 Å². The molecule has 4 nitrogen and oxygen atoms in total. The Balaban J connectivity index is 2.60. The van der Waals surface area contributed by atoms with Gasteiger partial charge in [-0.3, -0.25) is 0 Å². The number of hydrogen-bond acceptors (Lipinski definition) is 4. The Labute approximate surface area is 82.4 Å². The van der Waals surface area contributed by atoms with Crippen molar-refractivity contribution < 1.29 is 9.53 Å². The molecule has 0 amide bonds. The number of nitrogens with two attached hydrogens (primary N) is 1. The zero-order valence-electron chi connectivity index (χ0n) is 7.93. The van der Waals surface area contributed by atoms with Crippen LogP contribution in [0, 0.1) is 0 Å². The van der Waals surface area contributed by atoms with Gasteiger partial charge in [0.2, 0.25) is 0 Å². The number of carbonyl (C=O) groups excluding carboxylic acids is 1.